The topological polar surface area (TPSA) is 44.6 Å². The lowest BCUT2D eigenvalue weighted by atomic mass is 10.3. The molecule has 1 aromatic rings. The van der Waals surface area contributed by atoms with Crippen molar-refractivity contribution in [2.75, 3.05) is 0 Å². The molecule has 0 aromatic heterocycles. The maximum atomic E-state index is 8.51. The van der Waals surface area contributed by atoms with Gasteiger partial charge in [-0.15, -0.1) is 0 Å². The zero-order valence-corrected chi connectivity index (χ0v) is 8.39. The van der Waals surface area contributed by atoms with Crippen molar-refractivity contribution in [3.05, 3.63) is 28.2 Å². The molecular formula is C8H8Cl2N2O. The lowest BCUT2D eigenvalue weighted by molar-refractivity contribution is 0.234. The number of para-hydroxylation sites is 1. The molecule has 0 aliphatic carbocycles. The van der Waals surface area contributed by atoms with E-state index in [0.29, 0.717) is 21.6 Å². The smallest absolute Gasteiger partial charge is 0.123 e. The molecule has 0 amide bonds. The Morgan fingerprint density at radius 2 is 1.92 bits per heavy atom. The van der Waals surface area contributed by atoms with Gasteiger partial charge in [-0.1, -0.05) is 29.3 Å². The lowest BCUT2D eigenvalue weighted by Gasteiger charge is -2.02. The first-order valence-electron chi connectivity index (χ1n) is 3.54. The number of hydrogen-bond acceptors (Lipinski definition) is 2. The summed E-state index contributed by atoms with van der Waals surface area (Å²) in [5, 5.41) is 9.40. The summed E-state index contributed by atoms with van der Waals surface area (Å²) in [6, 6.07) is 5.08. The molecule has 0 heterocycles. The minimum Gasteiger partial charge on any atom is -0.290 e. The SMILES string of the molecule is CC(=Nc1c(Cl)cccc1Cl)NO. The fraction of sp³-hybridized carbons (Fsp3) is 0.125. The second-order valence-corrected chi connectivity index (χ2v) is 3.19. The summed E-state index contributed by atoms with van der Waals surface area (Å²) < 4.78 is 0. The number of hydroxylamine groups is 1. The minimum absolute atomic E-state index is 0.329. The van der Waals surface area contributed by atoms with E-state index in [1.807, 2.05) is 5.48 Å². The average Bonchev–Trinajstić information content (AvgIpc) is 2.11. The molecular weight excluding hydrogens is 211 g/mol. The van der Waals surface area contributed by atoms with Gasteiger partial charge in [0.05, 0.1) is 10.0 Å². The predicted molar refractivity (Wildman–Crippen MR) is 54.2 cm³/mol. The fourth-order valence-electron chi connectivity index (χ4n) is 0.789. The van der Waals surface area contributed by atoms with Gasteiger partial charge in [0.25, 0.3) is 0 Å². The maximum absolute atomic E-state index is 8.51. The van der Waals surface area contributed by atoms with E-state index in [1.54, 1.807) is 25.1 Å². The number of nitrogens with one attached hydrogen (secondary N) is 1. The third-order valence-corrected chi connectivity index (χ3v) is 1.99. The van der Waals surface area contributed by atoms with E-state index >= 15 is 0 Å². The highest BCUT2D eigenvalue weighted by molar-refractivity contribution is 6.38. The van der Waals surface area contributed by atoms with Gasteiger partial charge >= 0.3 is 0 Å². The van der Waals surface area contributed by atoms with E-state index in [4.69, 9.17) is 28.4 Å². The van der Waals surface area contributed by atoms with E-state index < -0.39 is 0 Å². The minimum atomic E-state index is 0.329. The molecule has 0 saturated heterocycles. The van der Waals surface area contributed by atoms with Gasteiger partial charge in [0.2, 0.25) is 0 Å². The molecule has 0 spiro atoms. The van der Waals surface area contributed by atoms with Crippen LogP contribution in [0.1, 0.15) is 6.92 Å². The van der Waals surface area contributed by atoms with Crippen molar-refractivity contribution < 1.29 is 5.21 Å². The molecule has 0 aliphatic heterocycles. The molecule has 0 aliphatic rings. The third kappa shape index (κ3) is 2.59. The summed E-state index contributed by atoms with van der Waals surface area (Å²) in [6.45, 7) is 1.60. The Balaban J connectivity index is 3.14. The van der Waals surface area contributed by atoms with Gasteiger partial charge in [-0.2, -0.15) is 0 Å². The van der Waals surface area contributed by atoms with Crippen molar-refractivity contribution in [1.82, 2.24) is 5.48 Å². The molecule has 0 fully saturated rings. The van der Waals surface area contributed by atoms with E-state index in [2.05, 4.69) is 4.99 Å². The van der Waals surface area contributed by atoms with Crippen LogP contribution in [0, 0.1) is 0 Å². The van der Waals surface area contributed by atoms with Gasteiger partial charge < -0.3 is 0 Å². The predicted octanol–water partition coefficient (Wildman–Crippen LogP) is 3.02. The third-order valence-electron chi connectivity index (χ3n) is 1.38. The molecule has 1 aromatic carbocycles. The highest BCUT2D eigenvalue weighted by Crippen LogP contribution is 2.32. The summed E-state index contributed by atoms with van der Waals surface area (Å²) in [6.07, 6.45) is 0. The fourth-order valence-corrected chi connectivity index (χ4v) is 1.27. The first-order valence-corrected chi connectivity index (χ1v) is 4.30. The van der Waals surface area contributed by atoms with Crippen LogP contribution in [0.2, 0.25) is 10.0 Å². The van der Waals surface area contributed by atoms with Gasteiger partial charge in [-0.05, 0) is 19.1 Å². The molecule has 2 N–H and O–H groups in total. The summed E-state index contributed by atoms with van der Waals surface area (Å²) in [5.41, 5.74) is 2.35. The van der Waals surface area contributed by atoms with Crippen molar-refractivity contribution in [1.29, 1.82) is 0 Å². The van der Waals surface area contributed by atoms with Crippen LogP contribution in [0.25, 0.3) is 0 Å². The summed E-state index contributed by atoms with van der Waals surface area (Å²) in [4.78, 5) is 3.97. The van der Waals surface area contributed by atoms with Gasteiger partial charge in [0.15, 0.2) is 0 Å². The molecule has 5 heteroatoms. The Bertz CT molecular complexity index is 319. The molecule has 0 unspecified atom stereocenters. The number of hydrogen-bond donors (Lipinski definition) is 2. The van der Waals surface area contributed by atoms with E-state index in [9.17, 15) is 0 Å². The molecule has 0 saturated carbocycles. The highest BCUT2D eigenvalue weighted by Gasteiger charge is 2.03. The largest absolute Gasteiger partial charge is 0.290 e. The molecule has 1 rings (SSSR count). The summed E-state index contributed by atoms with van der Waals surface area (Å²) in [7, 11) is 0. The highest BCUT2D eigenvalue weighted by atomic mass is 35.5. The monoisotopic (exact) mass is 218 g/mol. The number of halogens is 2. The van der Waals surface area contributed by atoms with Crippen LogP contribution >= 0.6 is 23.2 Å². The summed E-state index contributed by atoms with van der Waals surface area (Å²) in [5.74, 6) is 0.329. The molecule has 3 nitrogen and oxygen atoms in total. The van der Waals surface area contributed by atoms with Crippen molar-refractivity contribution in [2.24, 2.45) is 4.99 Å². The first-order chi connectivity index (χ1) is 6.15. The zero-order valence-electron chi connectivity index (χ0n) is 6.88. The van der Waals surface area contributed by atoms with Crippen LogP contribution in [0.3, 0.4) is 0 Å². The number of rotatable bonds is 1. The number of amidine groups is 1. The van der Waals surface area contributed by atoms with E-state index in [0.717, 1.165) is 0 Å². The van der Waals surface area contributed by atoms with Crippen LogP contribution in [0.5, 0.6) is 0 Å². The van der Waals surface area contributed by atoms with Crippen LogP contribution in [-0.2, 0) is 0 Å². The van der Waals surface area contributed by atoms with Crippen molar-refractivity contribution >= 4 is 34.7 Å². The molecule has 0 bridgehead atoms. The van der Waals surface area contributed by atoms with Gasteiger partial charge in [0.1, 0.15) is 11.5 Å². The number of aliphatic imine (C=N–C) groups is 1. The number of benzene rings is 1. The van der Waals surface area contributed by atoms with Crippen LogP contribution < -0.4 is 5.48 Å². The average molecular weight is 219 g/mol. The van der Waals surface area contributed by atoms with Gasteiger partial charge in [-0.25, -0.2) is 4.99 Å². The Kier molecular flexibility index (Phi) is 3.54. The Labute approximate surface area is 86.0 Å². The normalized spacial score (nSPS) is 11.5. The zero-order chi connectivity index (χ0) is 9.84. The molecule has 13 heavy (non-hydrogen) atoms. The standard InChI is InChI=1S/C8H8Cl2N2O/c1-5(12-13)11-8-6(9)3-2-4-7(8)10/h2-4,13H,1H3,(H,11,12). The van der Waals surface area contributed by atoms with Crippen LogP contribution in [0.4, 0.5) is 5.69 Å². The molecule has 0 atom stereocenters. The van der Waals surface area contributed by atoms with Gasteiger partial charge in [-0.3, -0.25) is 10.7 Å². The van der Waals surface area contributed by atoms with Crippen LogP contribution in [-0.4, -0.2) is 11.0 Å². The number of nitrogens with zero attached hydrogens (tertiary/aromatic N) is 1. The first kappa shape index (κ1) is 10.3. The van der Waals surface area contributed by atoms with Crippen LogP contribution in [0.15, 0.2) is 23.2 Å². The van der Waals surface area contributed by atoms with Crippen molar-refractivity contribution in [2.45, 2.75) is 6.92 Å². The quantitative estimate of drug-likeness (QED) is 0.433. The maximum Gasteiger partial charge on any atom is 0.123 e. The van der Waals surface area contributed by atoms with E-state index in [-0.39, 0.29) is 0 Å². The van der Waals surface area contributed by atoms with Crippen molar-refractivity contribution in [3.8, 4) is 0 Å². The Hall–Kier alpha value is -0.770. The molecule has 70 valence electrons. The Morgan fingerprint density at radius 1 is 1.38 bits per heavy atom. The van der Waals surface area contributed by atoms with E-state index in [1.165, 1.54) is 0 Å². The second kappa shape index (κ2) is 4.46. The summed E-state index contributed by atoms with van der Waals surface area (Å²) >= 11 is 11.7. The second-order valence-electron chi connectivity index (χ2n) is 2.38. The van der Waals surface area contributed by atoms with Crippen molar-refractivity contribution in [3.63, 3.8) is 0 Å². The molecule has 0 radical (unpaired) electrons. The lowest BCUT2D eigenvalue weighted by Crippen LogP contribution is -2.13. The Morgan fingerprint density at radius 3 is 2.38 bits per heavy atom. The van der Waals surface area contributed by atoms with Gasteiger partial charge in [0, 0.05) is 0 Å².